The second-order valence-electron chi connectivity index (χ2n) is 7.74. The van der Waals surface area contributed by atoms with Crippen molar-refractivity contribution >= 4 is 5.91 Å². The first-order valence-electron chi connectivity index (χ1n) is 10.1. The molecule has 29 heavy (non-hydrogen) atoms. The molecule has 1 atom stereocenters. The number of hydrogen-bond donors (Lipinski definition) is 1. The first-order chi connectivity index (χ1) is 13.9. The molecule has 150 valence electrons. The molecule has 3 heteroatoms. The van der Waals surface area contributed by atoms with Gasteiger partial charge in [-0.2, -0.15) is 0 Å². The number of rotatable bonds is 6. The first kappa shape index (κ1) is 20.7. The number of carbonyl (C=O) groups is 1. The van der Waals surface area contributed by atoms with Gasteiger partial charge in [0.1, 0.15) is 5.75 Å². The number of nitrogens with one attached hydrogen (secondary N) is 1. The molecule has 3 nitrogen and oxygen atoms in total. The van der Waals surface area contributed by atoms with Gasteiger partial charge in [0, 0.05) is 5.56 Å². The van der Waals surface area contributed by atoms with E-state index in [1.165, 1.54) is 0 Å². The molecule has 0 aliphatic heterocycles. The molecule has 0 heterocycles. The third-order valence-corrected chi connectivity index (χ3v) is 5.31. The van der Waals surface area contributed by atoms with Gasteiger partial charge in [-0.3, -0.25) is 4.79 Å². The molecule has 0 unspecified atom stereocenters. The molecule has 3 aromatic carbocycles. The summed E-state index contributed by atoms with van der Waals surface area (Å²) in [5.74, 6) is 1.17. The quantitative estimate of drug-likeness (QED) is 0.540. The Kier molecular flexibility index (Phi) is 6.38. The van der Waals surface area contributed by atoms with Gasteiger partial charge in [0.25, 0.3) is 5.91 Å². The van der Waals surface area contributed by atoms with Gasteiger partial charge in [-0.25, -0.2) is 0 Å². The van der Waals surface area contributed by atoms with Gasteiger partial charge in [-0.15, -0.1) is 0 Å². The van der Waals surface area contributed by atoms with Crippen LogP contribution in [0, 0.1) is 6.92 Å². The maximum absolute atomic E-state index is 12.8. The van der Waals surface area contributed by atoms with E-state index >= 15 is 0 Å². The van der Waals surface area contributed by atoms with Gasteiger partial charge in [-0.05, 0) is 71.8 Å². The van der Waals surface area contributed by atoms with E-state index in [2.05, 4.69) is 50.4 Å². The zero-order chi connectivity index (χ0) is 21.0. The largest absolute Gasteiger partial charge is 0.496 e. The Bertz CT molecular complexity index is 976. The minimum atomic E-state index is -0.0975. The topological polar surface area (TPSA) is 38.3 Å². The van der Waals surface area contributed by atoms with E-state index in [9.17, 15) is 4.79 Å². The summed E-state index contributed by atoms with van der Waals surface area (Å²) in [4.78, 5) is 12.8. The van der Waals surface area contributed by atoms with Crippen molar-refractivity contribution < 1.29 is 9.53 Å². The number of amides is 1. The lowest BCUT2D eigenvalue weighted by molar-refractivity contribution is 0.0940. The van der Waals surface area contributed by atoms with E-state index < -0.39 is 0 Å². The molecule has 1 amide bonds. The van der Waals surface area contributed by atoms with Crippen LogP contribution in [0.4, 0.5) is 0 Å². The maximum Gasteiger partial charge on any atom is 0.251 e. The molecule has 0 aliphatic carbocycles. The second-order valence-corrected chi connectivity index (χ2v) is 7.74. The molecule has 0 saturated carbocycles. The zero-order valence-corrected chi connectivity index (χ0v) is 17.8. The van der Waals surface area contributed by atoms with Crippen LogP contribution < -0.4 is 10.1 Å². The third-order valence-electron chi connectivity index (χ3n) is 5.31. The standard InChI is InChI=1S/C26H29NO2/c1-17(2)23-16-24(18(3)15-25(23)29-5)19(4)27-26(28)22-13-11-21(12-14-22)20-9-7-6-8-10-20/h6-17,19H,1-5H3,(H,27,28)/t19-/m1/s1. The summed E-state index contributed by atoms with van der Waals surface area (Å²) in [6.45, 7) is 8.37. The fourth-order valence-electron chi connectivity index (χ4n) is 3.61. The fraction of sp³-hybridized carbons (Fsp3) is 0.269. The Hall–Kier alpha value is -3.07. The molecule has 0 bridgehead atoms. The van der Waals surface area contributed by atoms with Gasteiger partial charge in [0.2, 0.25) is 0 Å². The Labute approximate surface area is 173 Å². The highest BCUT2D eigenvalue weighted by Crippen LogP contribution is 2.32. The molecule has 0 spiro atoms. The van der Waals surface area contributed by atoms with Gasteiger partial charge in [0.05, 0.1) is 13.2 Å². The van der Waals surface area contributed by atoms with Gasteiger partial charge in [0.15, 0.2) is 0 Å². The number of carbonyl (C=O) groups excluding carboxylic acids is 1. The lowest BCUT2D eigenvalue weighted by Gasteiger charge is -2.21. The molecule has 3 aromatic rings. The summed E-state index contributed by atoms with van der Waals surface area (Å²) in [6.07, 6.45) is 0. The second kappa shape index (κ2) is 8.95. The Morgan fingerprint density at radius 3 is 2.07 bits per heavy atom. The third kappa shape index (κ3) is 4.68. The number of aryl methyl sites for hydroxylation is 1. The summed E-state index contributed by atoms with van der Waals surface area (Å²) in [5, 5.41) is 3.14. The van der Waals surface area contributed by atoms with Crippen LogP contribution in [0.2, 0.25) is 0 Å². The Morgan fingerprint density at radius 1 is 0.862 bits per heavy atom. The van der Waals surface area contributed by atoms with Crippen LogP contribution in [0.3, 0.4) is 0 Å². The summed E-state index contributed by atoms with van der Waals surface area (Å²) >= 11 is 0. The Morgan fingerprint density at radius 2 is 1.48 bits per heavy atom. The number of benzene rings is 3. The molecule has 0 aliphatic rings. The van der Waals surface area contributed by atoms with E-state index in [1.54, 1.807) is 7.11 Å². The molecular weight excluding hydrogens is 358 g/mol. The van der Waals surface area contributed by atoms with E-state index in [-0.39, 0.29) is 11.9 Å². The average Bonchev–Trinajstić information content (AvgIpc) is 2.73. The number of ether oxygens (including phenoxy) is 1. The van der Waals surface area contributed by atoms with Crippen LogP contribution in [-0.4, -0.2) is 13.0 Å². The van der Waals surface area contributed by atoms with Crippen LogP contribution in [-0.2, 0) is 0 Å². The molecule has 0 saturated heterocycles. The van der Waals surface area contributed by atoms with Crippen molar-refractivity contribution in [3.8, 4) is 16.9 Å². The van der Waals surface area contributed by atoms with Crippen molar-refractivity contribution in [2.24, 2.45) is 0 Å². The van der Waals surface area contributed by atoms with Crippen LogP contribution in [0.25, 0.3) is 11.1 Å². The highest BCUT2D eigenvalue weighted by atomic mass is 16.5. The summed E-state index contributed by atoms with van der Waals surface area (Å²) < 4.78 is 5.53. The molecule has 0 fully saturated rings. The lowest BCUT2D eigenvalue weighted by atomic mass is 9.93. The van der Waals surface area contributed by atoms with Crippen molar-refractivity contribution in [3.63, 3.8) is 0 Å². The Balaban J connectivity index is 1.78. The normalized spacial score (nSPS) is 11.9. The van der Waals surface area contributed by atoms with E-state index in [0.29, 0.717) is 11.5 Å². The van der Waals surface area contributed by atoms with Gasteiger partial charge >= 0.3 is 0 Å². The lowest BCUT2D eigenvalue weighted by Crippen LogP contribution is -2.27. The summed E-state index contributed by atoms with van der Waals surface area (Å²) in [6, 6.07) is 22.0. The highest BCUT2D eigenvalue weighted by Gasteiger charge is 2.17. The molecule has 3 rings (SSSR count). The summed E-state index contributed by atoms with van der Waals surface area (Å²) in [7, 11) is 1.70. The smallest absolute Gasteiger partial charge is 0.251 e. The van der Waals surface area contributed by atoms with E-state index in [0.717, 1.165) is 33.6 Å². The van der Waals surface area contributed by atoms with Crippen LogP contribution in [0.5, 0.6) is 5.75 Å². The molecule has 0 radical (unpaired) electrons. The SMILES string of the molecule is COc1cc(C)c([C@@H](C)NC(=O)c2ccc(-c3ccccc3)cc2)cc1C(C)C. The van der Waals surface area contributed by atoms with Crippen molar-refractivity contribution in [2.75, 3.05) is 7.11 Å². The van der Waals surface area contributed by atoms with Crippen LogP contribution in [0.1, 0.15) is 59.8 Å². The average molecular weight is 388 g/mol. The maximum atomic E-state index is 12.8. The monoisotopic (exact) mass is 387 g/mol. The van der Waals surface area contributed by atoms with Crippen LogP contribution in [0.15, 0.2) is 66.7 Å². The summed E-state index contributed by atoms with van der Waals surface area (Å²) in [5.41, 5.74) is 6.28. The molecule has 1 N–H and O–H groups in total. The predicted molar refractivity (Wildman–Crippen MR) is 120 cm³/mol. The van der Waals surface area contributed by atoms with Crippen LogP contribution >= 0.6 is 0 Å². The van der Waals surface area contributed by atoms with E-state index in [1.807, 2.05) is 49.4 Å². The van der Waals surface area contributed by atoms with Gasteiger partial charge < -0.3 is 10.1 Å². The number of hydrogen-bond acceptors (Lipinski definition) is 2. The zero-order valence-electron chi connectivity index (χ0n) is 17.8. The fourth-order valence-corrected chi connectivity index (χ4v) is 3.61. The van der Waals surface area contributed by atoms with Crippen molar-refractivity contribution in [3.05, 3.63) is 89.0 Å². The number of methoxy groups -OCH3 is 1. The molecular formula is C26H29NO2. The minimum Gasteiger partial charge on any atom is -0.496 e. The first-order valence-corrected chi connectivity index (χ1v) is 10.1. The van der Waals surface area contributed by atoms with Crippen molar-refractivity contribution in [1.29, 1.82) is 0 Å². The van der Waals surface area contributed by atoms with Gasteiger partial charge in [-0.1, -0.05) is 56.3 Å². The minimum absolute atomic E-state index is 0.0709. The van der Waals surface area contributed by atoms with Crippen molar-refractivity contribution in [1.82, 2.24) is 5.32 Å². The van der Waals surface area contributed by atoms with Crippen molar-refractivity contribution in [2.45, 2.75) is 39.7 Å². The predicted octanol–water partition coefficient (Wildman–Crippen LogP) is 6.29. The van der Waals surface area contributed by atoms with E-state index in [4.69, 9.17) is 4.74 Å². The highest BCUT2D eigenvalue weighted by molar-refractivity contribution is 5.95. The molecule has 0 aromatic heterocycles.